The van der Waals surface area contributed by atoms with E-state index in [4.69, 9.17) is 0 Å². The molecule has 2 heteroatoms. The van der Waals surface area contributed by atoms with Crippen LogP contribution in [0.2, 0.25) is 0 Å². The highest BCUT2D eigenvalue weighted by Gasteiger charge is 2.22. The van der Waals surface area contributed by atoms with Crippen LogP contribution in [0.15, 0.2) is 18.2 Å². The van der Waals surface area contributed by atoms with E-state index in [2.05, 4.69) is 73.8 Å². The minimum atomic E-state index is 0.191. The molecule has 0 saturated heterocycles. The number of aryl methyl sites for hydroxylation is 2. The number of halogens is 1. The Balaban J connectivity index is 2.84. The summed E-state index contributed by atoms with van der Waals surface area (Å²) in [4.78, 5) is 2.39. The zero-order valence-corrected chi connectivity index (χ0v) is 12.6. The van der Waals surface area contributed by atoms with Crippen LogP contribution >= 0.6 is 15.9 Å². The van der Waals surface area contributed by atoms with Gasteiger partial charge in [-0.15, -0.1) is 0 Å². The van der Waals surface area contributed by atoms with Crippen LogP contribution < -0.4 is 0 Å². The van der Waals surface area contributed by atoms with Crippen molar-refractivity contribution in [3.05, 3.63) is 34.9 Å². The topological polar surface area (TPSA) is 3.24 Å². The Hall–Kier alpha value is -0.340. The average Bonchev–Trinajstić information content (AvgIpc) is 2.23. The van der Waals surface area contributed by atoms with Crippen LogP contribution in [0.1, 0.15) is 30.5 Å². The van der Waals surface area contributed by atoms with Gasteiger partial charge in [0.25, 0.3) is 0 Å². The highest BCUT2D eigenvalue weighted by atomic mass is 79.9. The summed E-state index contributed by atoms with van der Waals surface area (Å²) in [6.07, 6.45) is 0. The fourth-order valence-corrected chi connectivity index (χ4v) is 1.97. The van der Waals surface area contributed by atoms with Crippen molar-refractivity contribution in [3.8, 4) is 0 Å². The molecule has 0 amide bonds. The van der Waals surface area contributed by atoms with Crippen LogP contribution in [0.4, 0.5) is 0 Å². The number of rotatable bonds is 4. The number of benzene rings is 1. The lowest BCUT2D eigenvalue weighted by Gasteiger charge is -2.34. The zero-order valence-electron chi connectivity index (χ0n) is 11.0. The van der Waals surface area contributed by atoms with Gasteiger partial charge in [-0.25, -0.2) is 0 Å². The average molecular weight is 284 g/mol. The molecule has 0 heterocycles. The van der Waals surface area contributed by atoms with E-state index < -0.39 is 0 Å². The van der Waals surface area contributed by atoms with Gasteiger partial charge >= 0.3 is 0 Å². The second kappa shape index (κ2) is 5.33. The lowest BCUT2D eigenvalue weighted by molar-refractivity contribution is 0.173. The van der Waals surface area contributed by atoms with Gasteiger partial charge in [-0.2, -0.15) is 0 Å². The molecule has 1 nitrogen and oxygen atoms in total. The summed E-state index contributed by atoms with van der Waals surface area (Å²) in [5.41, 5.74) is 4.33. The summed E-state index contributed by atoms with van der Waals surface area (Å²) in [6.45, 7) is 9.86. The molecule has 1 rings (SSSR count). The van der Waals surface area contributed by atoms with Crippen molar-refractivity contribution in [1.82, 2.24) is 4.90 Å². The number of alkyl halides is 1. The van der Waals surface area contributed by atoms with E-state index in [1.54, 1.807) is 0 Å². The molecule has 90 valence electrons. The largest absolute Gasteiger partial charge is 0.296 e. The Morgan fingerprint density at radius 1 is 1.25 bits per heavy atom. The first-order valence-corrected chi connectivity index (χ1v) is 6.82. The molecule has 0 aromatic heterocycles. The van der Waals surface area contributed by atoms with Crippen LogP contribution in [-0.2, 0) is 6.54 Å². The minimum Gasteiger partial charge on any atom is -0.296 e. The van der Waals surface area contributed by atoms with E-state index >= 15 is 0 Å². The van der Waals surface area contributed by atoms with Crippen LogP contribution in [-0.4, -0.2) is 22.8 Å². The maximum atomic E-state index is 3.58. The predicted octanol–water partition coefficient (Wildman–Crippen LogP) is 3.91. The van der Waals surface area contributed by atoms with E-state index in [0.29, 0.717) is 0 Å². The quantitative estimate of drug-likeness (QED) is 0.758. The highest BCUT2D eigenvalue weighted by Crippen LogP contribution is 2.20. The lowest BCUT2D eigenvalue weighted by atomic mass is 10.0. The van der Waals surface area contributed by atoms with Crippen LogP contribution in [0.25, 0.3) is 0 Å². The van der Waals surface area contributed by atoms with E-state index in [0.717, 1.165) is 11.9 Å². The van der Waals surface area contributed by atoms with Gasteiger partial charge in [-0.3, -0.25) is 4.90 Å². The van der Waals surface area contributed by atoms with Crippen molar-refractivity contribution in [2.24, 2.45) is 0 Å². The fraction of sp³-hybridized carbons (Fsp3) is 0.571. The number of nitrogens with zero attached hydrogens (tertiary/aromatic N) is 1. The van der Waals surface area contributed by atoms with Crippen molar-refractivity contribution < 1.29 is 0 Å². The monoisotopic (exact) mass is 283 g/mol. The number of hydrogen-bond donors (Lipinski definition) is 0. The summed E-state index contributed by atoms with van der Waals surface area (Å²) in [5.74, 6) is 0. The highest BCUT2D eigenvalue weighted by molar-refractivity contribution is 9.09. The van der Waals surface area contributed by atoms with Gasteiger partial charge in [-0.1, -0.05) is 39.7 Å². The van der Waals surface area contributed by atoms with Crippen molar-refractivity contribution in [2.75, 3.05) is 12.4 Å². The van der Waals surface area contributed by atoms with Gasteiger partial charge in [0.2, 0.25) is 0 Å². The molecule has 0 spiro atoms. The van der Waals surface area contributed by atoms with Crippen molar-refractivity contribution in [1.29, 1.82) is 0 Å². The van der Waals surface area contributed by atoms with E-state index in [1.165, 1.54) is 16.7 Å². The minimum absolute atomic E-state index is 0.191. The zero-order chi connectivity index (χ0) is 12.3. The first-order chi connectivity index (χ1) is 7.36. The standard InChI is InChI=1S/C14H22BrN/c1-11-6-7-12(2)13(8-11)9-16(5)14(3,4)10-15/h6-8H,9-10H2,1-5H3. The summed E-state index contributed by atoms with van der Waals surface area (Å²) >= 11 is 3.58. The SMILES string of the molecule is Cc1ccc(C)c(CN(C)C(C)(C)CBr)c1. The lowest BCUT2D eigenvalue weighted by Crippen LogP contribution is -2.42. The molecular weight excluding hydrogens is 262 g/mol. The van der Waals surface area contributed by atoms with Gasteiger partial charge in [0.1, 0.15) is 0 Å². The molecule has 0 aliphatic heterocycles. The fourth-order valence-electron chi connectivity index (χ4n) is 1.54. The molecule has 0 unspecified atom stereocenters. The van der Waals surface area contributed by atoms with E-state index in [9.17, 15) is 0 Å². The molecular formula is C14H22BrN. The summed E-state index contributed by atoms with van der Waals surface area (Å²) in [6, 6.07) is 6.67. The van der Waals surface area contributed by atoms with E-state index in [-0.39, 0.29) is 5.54 Å². The van der Waals surface area contributed by atoms with Crippen molar-refractivity contribution in [3.63, 3.8) is 0 Å². The molecule has 0 bridgehead atoms. The molecule has 0 fully saturated rings. The molecule has 0 N–H and O–H groups in total. The maximum Gasteiger partial charge on any atom is 0.0250 e. The normalized spacial score (nSPS) is 12.2. The van der Waals surface area contributed by atoms with Gasteiger partial charge in [-0.05, 0) is 45.9 Å². The first kappa shape index (κ1) is 13.7. The summed E-state index contributed by atoms with van der Waals surface area (Å²) < 4.78 is 0. The Labute approximate surface area is 108 Å². The third kappa shape index (κ3) is 3.33. The summed E-state index contributed by atoms with van der Waals surface area (Å²) in [5, 5.41) is 0.987. The molecule has 0 saturated carbocycles. The smallest absolute Gasteiger partial charge is 0.0250 e. The second-order valence-corrected chi connectivity index (χ2v) is 5.79. The van der Waals surface area contributed by atoms with Crippen LogP contribution in [0, 0.1) is 13.8 Å². The van der Waals surface area contributed by atoms with Gasteiger partial charge < -0.3 is 0 Å². The summed E-state index contributed by atoms with van der Waals surface area (Å²) in [7, 11) is 2.18. The Morgan fingerprint density at radius 2 is 1.88 bits per heavy atom. The third-order valence-electron chi connectivity index (χ3n) is 3.27. The Bertz CT molecular complexity index is 358. The van der Waals surface area contributed by atoms with Crippen LogP contribution in [0.3, 0.4) is 0 Å². The van der Waals surface area contributed by atoms with Crippen molar-refractivity contribution >= 4 is 15.9 Å². The molecule has 0 aliphatic rings. The van der Waals surface area contributed by atoms with Gasteiger partial charge in [0.05, 0.1) is 0 Å². The Kier molecular flexibility index (Phi) is 4.57. The van der Waals surface area contributed by atoms with Crippen LogP contribution in [0.5, 0.6) is 0 Å². The van der Waals surface area contributed by atoms with E-state index in [1.807, 2.05) is 0 Å². The second-order valence-electron chi connectivity index (χ2n) is 5.23. The molecule has 0 aliphatic carbocycles. The predicted molar refractivity (Wildman–Crippen MR) is 75.3 cm³/mol. The molecule has 1 aromatic rings. The van der Waals surface area contributed by atoms with Gasteiger partial charge in [0.15, 0.2) is 0 Å². The maximum absolute atomic E-state index is 3.58. The molecule has 0 radical (unpaired) electrons. The molecule has 16 heavy (non-hydrogen) atoms. The van der Waals surface area contributed by atoms with Crippen molar-refractivity contribution in [2.45, 2.75) is 39.8 Å². The first-order valence-electron chi connectivity index (χ1n) is 5.70. The van der Waals surface area contributed by atoms with Gasteiger partial charge in [0, 0.05) is 17.4 Å². The number of hydrogen-bond acceptors (Lipinski definition) is 1. The Morgan fingerprint density at radius 3 is 2.44 bits per heavy atom. The third-order valence-corrected chi connectivity index (χ3v) is 4.64. The molecule has 1 aromatic carbocycles. The molecule has 0 atom stereocenters.